The Morgan fingerprint density at radius 2 is 2.08 bits per heavy atom. The molecule has 5 heteroatoms. The zero-order valence-corrected chi connectivity index (χ0v) is 14.9. The standard InChI is InChI=1S/C19H25NO3S/c1-12-10-17-15(7-9-19(2)8-3-4-18(17)19)14-6-5-13(11-16(12)14)23-24(20,21)22/h5-6,11,15,17-18H,1,3-4,7-10H2,2H3,(H2,20,21,22)/t15?,17?,18?,19-/m0/s1. The summed E-state index contributed by atoms with van der Waals surface area (Å²) in [6.07, 6.45) is 7.57. The van der Waals surface area contributed by atoms with E-state index in [9.17, 15) is 8.42 Å². The van der Waals surface area contributed by atoms with Crippen LogP contribution in [0.4, 0.5) is 0 Å². The molecule has 0 saturated heterocycles. The zero-order valence-electron chi connectivity index (χ0n) is 14.1. The summed E-state index contributed by atoms with van der Waals surface area (Å²) in [7, 11) is -3.99. The number of rotatable bonds is 2. The van der Waals surface area contributed by atoms with Crippen molar-refractivity contribution in [1.29, 1.82) is 0 Å². The van der Waals surface area contributed by atoms with Crippen molar-refractivity contribution in [2.75, 3.05) is 0 Å². The average molecular weight is 347 g/mol. The topological polar surface area (TPSA) is 69.4 Å². The van der Waals surface area contributed by atoms with Crippen molar-refractivity contribution >= 4 is 15.9 Å². The second kappa shape index (κ2) is 5.33. The highest BCUT2D eigenvalue weighted by Crippen LogP contribution is 2.62. The molecule has 0 aromatic heterocycles. The van der Waals surface area contributed by atoms with E-state index in [1.807, 2.05) is 6.07 Å². The van der Waals surface area contributed by atoms with Gasteiger partial charge in [-0.25, -0.2) is 0 Å². The molecule has 2 fully saturated rings. The molecule has 24 heavy (non-hydrogen) atoms. The first-order valence-corrected chi connectivity index (χ1v) is 10.3. The Morgan fingerprint density at radius 3 is 2.83 bits per heavy atom. The summed E-state index contributed by atoms with van der Waals surface area (Å²) >= 11 is 0. The van der Waals surface area contributed by atoms with E-state index < -0.39 is 10.3 Å². The largest absolute Gasteiger partial charge is 0.380 e. The maximum absolute atomic E-state index is 11.2. The maximum atomic E-state index is 11.2. The maximum Gasteiger partial charge on any atom is 0.380 e. The monoisotopic (exact) mass is 347 g/mol. The Morgan fingerprint density at radius 1 is 1.29 bits per heavy atom. The number of hydrogen-bond acceptors (Lipinski definition) is 3. The van der Waals surface area contributed by atoms with Crippen LogP contribution >= 0.6 is 0 Å². The fourth-order valence-electron chi connectivity index (χ4n) is 5.70. The molecular weight excluding hydrogens is 322 g/mol. The van der Waals surface area contributed by atoms with Crippen LogP contribution in [0.15, 0.2) is 24.8 Å². The molecule has 0 radical (unpaired) electrons. The van der Waals surface area contributed by atoms with Crippen LogP contribution in [0.2, 0.25) is 0 Å². The average Bonchev–Trinajstić information content (AvgIpc) is 2.88. The Labute approximate surface area is 144 Å². The molecule has 3 aliphatic carbocycles. The van der Waals surface area contributed by atoms with Crippen molar-refractivity contribution in [2.24, 2.45) is 22.4 Å². The van der Waals surface area contributed by atoms with E-state index in [0.717, 1.165) is 23.5 Å². The smallest absolute Gasteiger partial charge is 0.371 e. The van der Waals surface area contributed by atoms with Crippen molar-refractivity contribution in [3.63, 3.8) is 0 Å². The van der Waals surface area contributed by atoms with Crippen molar-refractivity contribution in [1.82, 2.24) is 0 Å². The molecule has 0 bridgehead atoms. The summed E-state index contributed by atoms with van der Waals surface area (Å²) in [5.74, 6) is 2.31. The minimum atomic E-state index is -3.99. The first kappa shape index (κ1) is 16.2. The minimum absolute atomic E-state index is 0.275. The molecule has 4 rings (SSSR count). The van der Waals surface area contributed by atoms with Gasteiger partial charge in [0.25, 0.3) is 0 Å². The molecule has 4 nitrogen and oxygen atoms in total. The van der Waals surface area contributed by atoms with E-state index in [1.165, 1.54) is 37.7 Å². The van der Waals surface area contributed by atoms with E-state index >= 15 is 0 Å². The minimum Gasteiger partial charge on any atom is -0.371 e. The molecule has 130 valence electrons. The summed E-state index contributed by atoms with van der Waals surface area (Å²) in [5.41, 5.74) is 3.98. The number of benzene rings is 1. The molecule has 4 atom stereocenters. The first-order chi connectivity index (χ1) is 11.3. The Kier molecular flexibility index (Phi) is 3.59. The molecule has 1 aromatic carbocycles. The summed E-state index contributed by atoms with van der Waals surface area (Å²) in [4.78, 5) is 0. The second-order valence-electron chi connectivity index (χ2n) is 8.09. The van der Waals surface area contributed by atoms with Gasteiger partial charge in [-0.15, -0.1) is 0 Å². The predicted molar refractivity (Wildman–Crippen MR) is 94.7 cm³/mol. The third kappa shape index (κ3) is 2.58. The van der Waals surface area contributed by atoms with Crippen molar-refractivity contribution < 1.29 is 12.6 Å². The zero-order chi connectivity index (χ0) is 17.1. The number of allylic oxidation sites excluding steroid dienone is 1. The van der Waals surface area contributed by atoms with Crippen molar-refractivity contribution in [3.8, 4) is 5.75 Å². The van der Waals surface area contributed by atoms with Crippen molar-refractivity contribution in [3.05, 3.63) is 35.9 Å². The van der Waals surface area contributed by atoms with E-state index in [4.69, 9.17) is 9.32 Å². The van der Waals surface area contributed by atoms with Gasteiger partial charge in [0, 0.05) is 0 Å². The lowest BCUT2D eigenvalue weighted by atomic mass is 9.55. The predicted octanol–water partition coefficient (Wildman–Crippen LogP) is 3.99. The summed E-state index contributed by atoms with van der Waals surface area (Å²) < 4.78 is 27.2. The van der Waals surface area contributed by atoms with E-state index in [0.29, 0.717) is 17.3 Å². The normalized spacial score (nSPS) is 35.1. The third-order valence-corrected chi connectivity index (χ3v) is 7.14. The van der Waals surface area contributed by atoms with Gasteiger partial charge in [-0.3, -0.25) is 0 Å². The molecular formula is C19H25NO3S. The molecule has 0 amide bonds. The van der Waals surface area contributed by atoms with E-state index in [1.54, 1.807) is 12.1 Å². The molecule has 2 saturated carbocycles. The molecule has 3 unspecified atom stereocenters. The number of nitrogens with two attached hydrogens (primary N) is 1. The lowest BCUT2D eigenvalue weighted by Crippen LogP contribution is -2.39. The highest BCUT2D eigenvalue weighted by molar-refractivity contribution is 7.84. The van der Waals surface area contributed by atoms with Gasteiger partial charge in [0.15, 0.2) is 0 Å². The van der Waals surface area contributed by atoms with E-state index in [2.05, 4.69) is 13.5 Å². The van der Waals surface area contributed by atoms with Gasteiger partial charge in [0.2, 0.25) is 0 Å². The quantitative estimate of drug-likeness (QED) is 0.879. The van der Waals surface area contributed by atoms with Crippen molar-refractivity contribution in [2.45, 2.75) is 51.4 Å². The number of hydrogen-bond donors (Lipinski definition) is 1. The van der Waals surface area contributed by atoms with Crippen LogP contribution in [0.5, 0.6) is 5.75 Å². The fraction of sp³-hybridized carbons (Fsp3) is 0.579. The van der Waals surface area contributed by atoms with Crippen LogP contribution in [0.1, 0.15) is 62.5 Å². The van der Waals surface area contributed by atoms with Gasteiger partial charge in [0.1, 0.15) is 5.75 Å². The van der Waals surface area contributed by atoms with Gasteiger partial charge in [0.05, 0.1) is 0 Å². The highest BCUT2D eigenvalue weighted by atomic mass is 32.2. The van der Waals surface area contributed by atoms with Gasteiger partial charge >= 0.3 is 10.3 Å². The molecule has 0 heterocycles. The van der Waals surface area contributed by atoms with Crippen LogP contribution in [-0.2, 0) is 10.3 Å². The lowest BCUT2D eigenvalue weighted by molar-refractivity contribution is 0.0702. The Hall–Kier alpha value is -1.33. The van der Waals surface area contributed by atoms with Crippen LogP contribution in [0.3, 0.4) is 0 Å². The van der Waals surface area contributed by atoms with Gasteiger partial charge < -0.3 is 4.18 Å². The molecule has 1 aromatic rings. The summed E-state index contributed by atoms with van der Waals surface area (Å²) in [5, 5.41) is 4.98. The van der Waals surface area contributed by atoms with Crippen LogP contribution < -0.4 is 9.32 Å². The Bertz CT molecular complexity index is 801. The lowest BCUT2D eigenvalue weighted by Gasteiger charge is -2.49. The summed E-state index contributed by atoms with van der Waals surface area (Å²) in [6.45, 7) is 6.76. The third-order valence-electron chi connectivity index (χ3n) is 6.72. The van der Waals surface area contributed by atoms with Gasteiger partial charge in [-0.2, -0.15) is 13.6 Å². The number of fused-ring (bicyclic) bond motifs is 5. The van der Waals surface area contributed by atoms with Gasteiger partial charge in [-0.1, -0.05) is 26.0 Å². The van der Waals surface area contributed by atoms with Crippen LogP contribution in [0.25, 0.3) is 5.57 Å². The SMILES string of the molecule is C=C1CC2C(CC[C@]3(C)CCCC23)c2ccc(OS(N)(=O)=O)cc21. The molecule has 2 N–H and O–H groups in total. The van der Waals surface area contributed by atoms with Gasteiger partial charge in [-0.05, 0) is 84.1 Å². The van der Waals surface area contributed by atoms with Crippen LogP contribution in [-0.4, -0.2) is 8.42 Å². The second-order valence-corrected chi connectivity index (χ2v) is 9.25. The van der Waals surface area contributed by atoms with E-state index in [-0.39, 0.29) is 5.75 Å². The highest BCUT2D eigenvalue weighted by Gasteiger charge is 2.50. The molecule has 0 aliphatic heterocycles. The Balaban J connectivity index is 1.70. The first-order valence-electron chi connectivity index (χ1n) is 8.81. The molecule has 0 spiro atoms. The summed E-state index contributed by atoms with van der Waals surface area (Å²) in [6, 6.07) is 5.54. The molecule has 3 aliphatic rings. The van der Waals surface area contributed by atoms with Crippen LogP contribution in [0, 0.1) is 17.3 Å². The fourth-order valence-corrected chi connectivity index (χ4v) is 6.07.